The molecular formula is C24H21N5O2. The van der Waals surface area contributed by atoms with E-state index in [9.17, 15) is 10.1 Å². The molecule has 4 aromatic rings. The molecule has 0 bridgehead atoms. The highest BCUT2D eigenvalue weighted by atomic mass is 16.5. The van der Waals surface area contributed by atoms with Crippen LogP contribution in [0.15, 0.2) is 54.7 Å². The van der Waals surface area contributed by atoms with Crippen LogP contribution in [0.1, 0.15) is 22.3 Å². The van der Waals surface area contributed by atoms with Crippen molar-refractivity contribution in [1.82, 2.24) is 14.8 Å². The van der Waals surface area contributed by atoms with Gasteiger partial charge in [-0.2, -0.15) is 15.0 Å². The van der Waals surface area contributed by atoms with Crippen LogP contribution in [0.5, 0.6) is 5.75 Å². The molecule has 0 aliphatic heterocycles. The van der Waals surface area contributed by atoms with E-state index >= 15 is 0 Å². The third-order valence-electron chi connectivity index (χ3n) is 4.96. The number of carbonyl (C=O) groups excluding carboxylic acids is 1. The molecule has 154 valence electrons. The van der Waals surface area contributed by atoms with E-state index in [-0.39, 0.29) is 18.0 Å². The number of hydrogen-bond donors (Lipinski definition) is 1. The van der Waals surface area contributed by atoms with Crippen molar-refractivity contribution in [3.05, 3.63) is 77.0 Å². The molecular weight excluding hydrogens is 390 g/mol. The first-order valence-electron chi connectivity index (χ1n) is 9.81. The van der Waals surface area contributed by atoms with Crippen molar-refractivity contribution >= 4 is 22.6 Å². The molecule has 0 aliphatic rings. The van der Waals surface area contributed by atoms with E-state index in [1.165, 1.54) is 10.9 Å². The summed E-state index contributed by atoms with van der Waals surface area (Å²) >= 11 is 0. The summed E-state index contributed by atoms with van der Waals surface area (Å²) in [5.74, 6) is 0.996. The second-order valence-electron chi connectivity index (χ2n) is 7.35. The molecule has 1 amide bonds. The maximum Gasteiger partial charge on any atom is 0.263 e. The minimum absolute atomic E-state index is 0.192. The number of amides is 1. The van der Waals surface area contributed by atoms with Crippen LogP contribution < -0.4 is 10.1 Å². The van der Waals surface area contributed by atoms with Crippen LogP contribution in [0.2, 0.25) is 0 Å². The smallest absolute Gasteiger partial charge is 0.263 e. The summed E-state index contributed by atoms with van der Waals surface area (Å²) < 4.78 is 7.04. The highest BCUT2D eigenvalue weighted by Crippen LogP contribution is 2.25. The van der Waals surface area contributed by atoms with Gasteiger partial charge in [-0.05, 0) is 55.7 Å². The molecule has 2 aromatic carbocycles. The summed E-state index contributed by atoms with van der Waals surface area (Å²) in [7, 11) is 0. The topological polar surface area (TPSA) is 92.8 Å². The van der Waals surface area contributed by atoms with Gasteiger partial charge >= 0.3 is 0 Å². The Labute approximate surface area is 179 Å². The lowest BCUT2D eigenvalue weighted by molar-refractivity contribution is -0.118. The Bertz CT molecular complexity index is 1330. The van der Waals surface area contributed by atoms with E-state index in [0.29, 0.717) is 11.6 Å². The molecule has 31 heavy (non-hydrogen) atoms. The fraction of sp³-hybridized carbons (Fsp3) is 0.167. The number of anilines is 1. The minimum atomic E-state index is -0.395. The van der Waals surface area contributed by atoms with Crippen LogP contribution in [-0.4, -0.2) is 27.3 Å². The zero-order valence-corrected chi connectivity index (χ0v) is 17.5. The molecule has 0 saturated carbocycles. The molecule has 0 atom stereocenters. The van der Waals surface area contributed by atoms with Gasteiger partial charge in [0.25, 0.3) is 5.91 Å². The van der Waals surface area contributed by atoms with Gasteiger partial charge in [-0.25, -0.2) is 4.98 Å². The SMILES string of the molecule is Cc1cccc(OCC(=O)Nc2c(C#N)cnn2-c2cc(C)c3cccc(C)c3n2)c1. The average molecular weight is 411 g/mol. The van der Waals surface area contributed by atoms with Crippen LogP contribution in [0.3, 0.4) is 0 Å². The number of carbonyl (C=O) groups is 1. The Kier molecular flexibility index (Phi) is 5.37. The fourth-order valence-corrected chi connectivity index (χ4v) is 3.40. The van der Waals surface area contributed by atoms with Gasteiger partial charge in [0.05, 0.1) is 11.7 Å². The summed E-state index contributed by atoms with van der Waals surface area (Å²) in [5.41, 5.74) is 4.20. The fourth-order valence-electron chi connectivity index (χ4n) is 3.40. The molecule has 2 aromatic heterocycles. The van der Waals surface area contributed by atoms with Crippen LogP contribution in [0, 0.1) is 32.1 Å². The Hall–Kier alpha value is -4.18. The number of hydrogen-bond acceptors (Lipinski definition) is 5. The zero-order valence-electron chi connectivity index (χ0n) is 17.5. The number of rotatable bonds is 5. The van der Waals surface area contributed by atoms with Gasteiger partial charge in [-0.15, -0.1) is 0 Å². The lowest BCUT2D eigenvalue weighted by Crippen LogP contribution is -2.22. The van der Waals surface area contributed by atoms with Crippen molar-refractivity contribution in [3.63, 3.8) is 0 Å². The van der Waals surface area contributed by atoms with Crippen molar-refractivity contribution in [2.24, 2.45) is 0 Å². The lowest BCUT2D eigenvalue weighted by Gasteiger charge is -2.12. The lowest BCUT2D eigenvalue weighted by atomic mass is 10.1. The number of nitriles is 1. The van der Waals surface area contributed by atoms with Crippen molar-refractivity contribution < 1.29 is 9.53 Å². The number of aromatic nitrogens is 3. The van der Waals surface area contributed by atoms with Crippen molar-refractivity contribution in [2.45, 2.75) is 20.8 Å². The quantitative estimate of drug-likeness (QED) is 0.530. The minimum Gasteiger partial charge on any atom is -0.484 e. The molecule has 2 heterocycles. The predicted molar refractivity (Wildman–Crippen MR) is 118 cm³/mol. The highest BCUT2D eigenvalue weighted by Gasteiger charge is 2.17. The van der Waals surface area contributed by atoms with Crippen LogP contribution in [-0.2, 0) is 4.79 Å². The molecule has 7 heteroatoms. The van der Waals surface area contributed by atoms with E-state index in [2.05, 4.69) is 16.5 Å². The van der Waals surface area contributed by atoms with Crippen LogP contribution in [0.25, 0.3) is 16.7 Å². The number of fused-ring (bicyclic) bond motifs is 1. The monoisotopic (exact) mass is 411 g/mol. The van der Waals surface area contributed by atoms with E-state index in [1.54, 1.807) is 6.07 Å². The maximum absolute atomic E-state index is 12.5. The summed E-state index contributed by atoms with van der Waals surface area (Å²) in [4.78, 5) is 17.3. The first-order valence-corrected chi connectivity index (χ1v) is 9.81. The Morgan fingerprint density at radius 2 is 1.94 bits per heavy atom. The number of nitrogens with one attached hydrogen (secondary N) is 1. The van der Waals surface area contributed by atoms with E-state index in [0.717, 1.165) is 27.6 Å². The number of nitrogens with zero attached hydrogens (tertiary/aromatic N) is 4. The number of pyridine rings is 1. The summed E-state index contributed by atoms with van der Waals surface area (Å²) in [6, 6.07) is 17.4. The van der Waals surface area contributed by atoms with Crippen molar-refractivity contribution in [3.8, 4) is 17.6 Å². The van der Waals surface area contributed by atoms with Crippen molar-refractivity contribution in [2.75, 3.05) is 11.9 Å². The van der Waals surface area contributed by atoms with Gasteiger partial charge in [-0.3, -0.25) is 4.79 Å². The maximum atomic E-state index is 12.5. The standard InChI is InChI=1S/C24H21N5O2/c1-15-6-4-8-19(10-15)31-14-22(30)28-24-18(12-25)13-26-29(24)21-11-17(3)20-9-5-7-16(2)23(20)27-21/h4-11,13H,14H2,1-3H3,(H,28,30). The third kappa shape index (κ3) is 4.09. The zero-order chi connectivity index (χ0) is 22.0. The van der Waals surface area contributed by atoms with E-state index in [4.69, 9.17) is 9.72 Å². The Balaban J connectivity index is 1.64. The van der Waals surface area contributed by atoms with Crippen molar-refractivity contribution in [1.29, 1.82) is 5.26 Å². The average Bonchev–Trinajstić information content (AvgIpc) is 3.15. The second-order valence-corrected chi connectivity index (χ2v) is 7.35. The number of aryl methyl sites for hydroxylation is 3. The second kappa shape index (κ2) is 8.28. The molecule has 0 saturated heterocycles. The predicted octanol–water partition coefficient (Wildman–Crippen LogP) is 4.23. The van der Waals surface area contributed by atoms with Gasteiger partial charge in [0.2, 0.25) is 0 Å². The van der Waals surface area contributed by atoms with Gasteiger partial charge in [-0.1, -0.05) is 30.3 Å². The molecule has 0 aliphatic carbocycles. The largest absolute Gasteiger partial charge is 0.484 e. The Morgan fingerprint density at radius 3 is 2.71 bits per heavy atom. The van der Waals surface area contributed by atoms with Gasteiger partial charge in [0, 0.05) is 5.39 Å². The molecule has 7 nitrogen and oxygen atoms in total. The molecule has 0 spiro atoms. The molecule has 1 N–H and O–H groups in total. The highest BCUT2D eigenvalue weighted by molar-refractivity contribution is 5.92. The first-order chi connectivity index (χ1) is 15.0. The summed E-state index contributed by atoms with van der Waals surface area (Å²) in [5, 5.41) is 17.6. The van der Waals surface area contributed by atoms with E-state index in [1.807, 2.05) is 63.2 Å². The van der Waals surface area contributed by atoms with Gasteiger partial charge in [0.1, 0.15) is 17.4 Å². The molecule has 4 rings (SSSR count). The number of para-hydroxylation sites is 1. The van der Waals surface area contributed by atoms with Crippen LogP contribution in [0.4, 0.5) is 5.82 Å². The van der Waals surface area contributed by atoms with Gasteiger partial charge < -0.3 is 10.1 Å². The van der Waals surface area contributed by atoms with Gasteiger partial charge in [0.15, 0.2) is 18.2 Å². The molecule has 0 unspecified atom stereocenters. The van der Waals surface area contributed by atoms with E-state index < -0.39 is 5.91 Å². The molecule has 0 fully saturated rings. The summed E-state index contributed by atoms with van der Waals surface area (Å²) in [6.45, 7) is 5.75. The number of benzene rings is 2. The summed E-state index contributed by atoms with van der Waals surface area (Å²) in [6.07, 6.45) is 1.41. The first kappa shape index (κ1) is 20.1. The van der Waals surface area contributed by atoms with Crippen LogP contribution >= 0.6 is 0 Å². The Morgan fingerprint density at radius 1 is 1.13 bits per heavy atom. The normalized spacial score (nSPS) is 10.6. The molecule has 0 radical (unpaired) electrons. The third-order valence-corrected chi connectivity index (χ3v) is 4.96. The number of ether oxygens (including phenoxy) is 1.